The summed E-state index contributed by atoms with van der Waals surface area (Å²) in [6, 6.07) is 0.849. The Morgan fingerprint density at radius 2 is 1.95 bits per heavy atom. The van der Waals surface area contributed by atoms with E-state index in [-0.39, 0.29) is 9.13 Å². The van der Waals surface area contributed by atoms with E-state index in [2.05, 4.69) is 0 Å². The second-order valence-corrected chi connectivity index (χ2v) is 5.40. The van der Waals surface area contributed by atoms with E-state index in [1.54, 1.807) is 22.6 Å². The Morgan fingerprint density at radius 3 is 2.58 bits per heavy atom. The second kappa shape index (κ2) is 5.40. The summed E-state index contributed by atoms with van der Waals surface area (Å²) in [5.41, 5.74) is -0.00681. The maximum atomic E-state index is 13.2. The van der Waals surface area contributed by atoms with E-state index in [1.165, 1.54) is 4.90 Å². The van der Waals surface area contributed by atoms with Crippen molar-refractivity contribution in [2.45, 2.75) is 18.9 Å². The van der Waals surface area contributed by atoms with Gasteiger partial charge in [-0.25, -0.2) is 13.6 Å². The van der Waals surface area contributed by atoms with Crippen LogP contribution in [0.4, 0.5) is 8.78 Å². The van der Waals surface area contributed by atoms with Crippen LogP contribution in [0.25, 0.3) is 0 Å². The first-order chi connectivity index (χ1) is 8.91. The number of carboxylic acid groups (broad SMARTS) is 1. The number of hydrogen-bond acceptors (Lipinski definition) is 2. The van der Waals surface area contributed by atoms with Crippen molar-refractivity contribution in [2.75, 3.05) is 6.54 Å². The maximum absolute atomic E-state index is 13.2. The van der Waals surface area contributed by atoms with Crippen LogP contribution in [0.3, 0.4) is 0 Å². The number of benzene rings is 1. The quantitative estimate of drug-likeness (QED) is 0.632. The Balaban J connectivity index is 2.34. The molecule has 0 aromatic heterocycles. The second-order valence-electron chi connectivity index (χ2n) is 4.24. The molecule has 1 saturated heterocycles. The van der Waals surface area contributed by atoms with Crippen molar-refractivity contribution in [3.8, 4) is 0 Å². The summed E-state index contributed by atoms with van der Waals surface area (Å²) < 4.78 is 26.5. The van der Waals surface area contributed by atoms with Crippen molar-refractivity contribution in [3.63, 3.8) is 0 Å². The molecule has 4 nitrogen and oxygen atoms in total. The van der Waals surface area contributed by atoms with Gasteiger partial charge >= 0.3 is 5.97 Å². The van der Waals surface area contributed by atoms with Crippen LogP contribution < -0.4 is 0 Å². The highest BCUT2D eigenvalue weighted by molar-refractivity contribution is 14.1. The molecule has 1 aromatic rings. The molecule has 0 unspecified atom stereocenters. The van der Waals surface area contributed by atoms with Gasteiger partial charge in [0.2, 0.25) is 0 Å². The van der Waals surface area contributed by atoms with E-state index < -0.39 is 29.6 Å². The van der Waals surface area contributed by atoms with Gasteiger partial charge in [-0.05, 0) is 47.6 Å². The smallest absolute Gasteiger partial charge is 0.326 e. The molecular formula is C12H10F2INO3. The first kappa shape index (κ1) is 14.2. The summed E-state index contributed by atoms with van der Waals surface area (Å²) >= 11 is 1.73. The van der Waals surface area contributed by atoms with Crippen molar-refractivity contribution >= 4 is 34.5 Å². The van der Waals surface area contributed by atoms with E-state index in [1.807, 2.05) is 0 Å². The molecule has 2 rings (SSSR count). The highest BCUT2D eigenvalue weighted by Gasteiger charge is 2.35. The lowest BCUT2D eigenvalue weighted by atomic mass is 10.1. The first-order valence-electron chi connectivity index (χ1n) is 5.60. The Labute approximate surface area is 121 Å². The first-order valence-corrected chi connectivity index (χ1v) is 6.68. The number of aliphatic carboxylic acids is 1. The number of carboxylic acids is 1. The maximum Gasteiger partial charge on any atom is 0.326 e. The standard InChI is InChI=1S/C12H10F2INO3/c13-7-4-6(9(15)5-8(7)14)11(17)16-3-1-2-10(16)12(18)19/h4-5,10H,1-3H2,(H,18,19)/t10-/m0/s1. The molecule has 1 fully saturated rings. The number of carbonyl (C=O) groups is 2. The molecule has 1 amide bonds. The normalized spacial score (nSPS) is 18.7. The average Bonchev–Trinajstić information content (AvgIpc) is 2.82. The summed E-state index contributed by atoms with van der Waals surface area (Å²) in [6.07, 6.45) is 0.963. The van der Waals surface area contributed by atoms with Crippen molar-refractivity contribution in [1.82, 2.24) is 4.90 Å². The molecule has 1 aliphatic rings. The fourth-order valence-electron chi connectivity index (χ4n) is 2.11. The van der Waals surface area contributed by atoms with E-state index >= 15 is 0 Å². The van der Waals surface area contributed by atoms with Crippen LogP contribution in [0.1, 0.15) is 23.2 Å². The van der Waals surface area contributed by atoms with Crippen LogP contribution in [0.15, 0.2) is 12.1 Å². The average molecular weight is 381 g/mol. The minimum atomic E-state index is -1.12. The lowest BCUT2D eigenvalue weighted by Crippen LogP contribution is -2.40. The SMILES string of the molecule is O=C(O)[C@@H]1CCCN1C(=O)c1cc(F)c(F)cc1I. The van der Waals surface area contributed by atoms with Gasteiger partial charge in [0, 0.05) is 10.1 Å². The van der Waals surface area contributed by atoms with E-state index in [9.17, 15) is 18.4 Å². The molecule has 102 valence electrons. The third-order valence-corrected chi connectivity index (χ3v) is 3.93. The largest absolute Gasteiger partial charge is 0.480 e. The van der Waals surface area contributed by atoms with Gasteiger partial charge in [0.05, 0.1) is 5.56 Å². The predicted molar refractivity (Wildman–Crippen MR) is 70.8 cm³/mol. The molecule has 1 N–H and O–H groups in total. The predicted octanol–water partition coefficient (Wildman–Crippen LogP) is 2.26. The fourth-order valence-corrected chi connectivity index (χ4v) is 2.77. The molecule has 0 aliphatic carbocycles. The van der Waals surface area contributed by atoms with Gasteiger partial charge in [0.1, 0.15) is 6.04 Å². The molecule has 1 aromatic carbocycles. The van der Waals surface area contributed by atoms with Crippen LogP contribution in [0.5, 0.6) is 0 Å². The Bertz CT molecular complexity index is 550. The topological polar surface area (TPSA) is 57.6 Å². The van der Waals surface area contributed by atoms with Crippen molar-refractivity contribution in [1.29, 1.82) is 0 Å². The van der Waals surface area contributed by atoms with Gasteiger partial charge < -0.3 is 10.0 Å². The lowest BCUT2D eigenvalue weighted by Gasteiger charge is -2.22. The monoisotopic (exact) mass is 381 g/mol. The van der Waals surface area contributed by atoms with Gasteiger partial charge in [0.15, 0.2) is 11.6 Å². The van der Waals surface area contributed by atoms with Crippen molar-refractivity contribution in [3.05, 3.63) is 32.9 Å². The van der Waals surface area contributed by atoms with Crippen molar-refractivity contribution in [2.24, 2.45) is 0 Å². The highest BCUT2D eigenvalue weighted by Crippen LogP contribution is 2.24. The number of nitrogens with zero attached hydrogens (tertiary/aromatic N) is 1. The van der Waals surface area contributed by atoms with E-state index in [0.717, 1.165) is 12.1 Å². The Morgan fingerprint density at radius 1 is 1.32 bits per heavy atom. The Hall–Kier alpha value is -1.25. The molecular weight excluding hydrogens is 371 g/mol. The summed E-state index contributed by atoms with van der Waals surface area (Å²) in [5, 5.41) is 9.02. The zero-order valence-corrected chi connectivity index (χ0v) is 11.9. The van der Waals surface area contributed by atoms with Crippen LogP contribution in [0.2, 0.25) is 0 Å². The van der Waals surface area contributed by atoms with Gasteiger partial charge in [-0.1, -0.05) is 0 Å². The van der Waals surface area contributed by atoms with Crippen LogP contribution in [-0.4, -0.2) is 34.5 Å². The highest BCUT2D eigenvalue weighted by atomic mass is 127. The lowest BCUT2D eigenvalue weighted by molar-refractivity contribution is -0.141. The number of hydrogen-bond donors (Lipinski definition) is 1. The molecule has 7 heteroatoms. The van der Waals surface area contributed by atoms with Gasteiger partial charge in [-0.15, -0.1) is 0 Å². The number of likely N-dealkylation sites (tertiary alicyclic amines) is 1. The van der Waals surface area contributed by atoms with Crippen LogP contribution >= 0.6 is 22.6 Å². The molecule has 1 aliphatic heterocycles. The molecule has 1 atom stereocenters. The minimum Gasteiger partial charge on any atom is -0.480 e. The van der Waals surface area contributed by atoms with Gasteiger partial charge in [-0.3, -0.25) is 4.79 Å². The Kier molecular flexibility index (Phi) is 4.02. The van der Waals surface area contributed by atoms with Crippen molar-refractivity contribution < 1.29 is 23.5 Å². The summed E-state index contributed by atoms with van der Waals surface area (Å²) in [4.78, 5) is 24.4. The summed E-state index contributed by atoms with van der Waals surface area (Å²) in [7, 11) is 0. The molecule has 0 radical (unpaired) electrons. The number of carbonyl (C=O) groups excluding carboxylic acids is 1. The molecule has 19 heavy (non-hydrogen) atoms. The third-order valence-electron chi connectivity index (χ3n) is 3.04. The molecule has 1 heterocycles. The summed E-state index contributed by atoms with van der Waals surface area (Å²) in [6.45, 7) is 0.310. The van der Waals surface area contributed by atoms with E-state index in [0.29, 0.717) is 19.4 Å². The molecule has 0 bridgehead atoms. The van der Waals surface area contributed by atoms with Crippen LogP contribution in [-0.2, 0) is 4.79 Å². The van der Waals surface area contributed by atoms with Gasteiger partial charge in [-0.2, -0.15) is 0 Å². The van der Waals surface area contributed by atoms with Crippen LogP contribution in [0, 0.1) is 15.2 Å². The third kappa shape index (κ3) is 2.70. The zero-order valence-electron chi connectivity index (χ0n) is 9.70. The molecule has 0 saturated carbocycles. The zero-order chi connectivity index (χ0) is 14.2. The van der Waals surface area contributed by atoms with Gasteiger partial charge in [0.25, 0.3) is 5.91 Å². The number of halogens is 3. The number of amides is 1. The fraction of sp³-hybridized carbons (Fsp3) is 0.333. The number of rotatable bonds is 2. The molecule has 0 spiro atoms. The summed E-state index contributed by atoms with van der Waals surface area (Å²) in [5.74, 6) is -3.80. The minimum absolute atomic E-state index is 0.00681. The van der Waals surface area contributed by atoms with E-state index in [4.69, 9.17) is 5.11 Å².